The van der Waals surface area contributed by atoms with Gasteiger partial charge in [-0.3, -0.25) is 0 Å². The van der Waals surface area contributed by atoms with Gasteiger partial charge in [0.2, 0.25) is 0 Å². The van der Waals surface area contributed by atoms with Crippen molar-refractivity contribution in [2.75, 3.05) is 0 Å². The van der Waals surface area contributed by atoms with Crippen LogP contribution < -0.4 is 113 Å². The molecule has 6 heteroatoms. The summed E-state index contributed by atoms with van der Waals surface area (Å²) in [5.74, 6) is -3.19. The zero-order valence-electron chi connectivity index (χ0n) is 14.5. The quantitative estimate of drug-likeness (QED) is 0.236. The van der Waals surface area contributed by atoms with E-state index in [2.05, 4.69) is 6.92 Å². The molecule has 0 bridgehead atoms. The van der Waals surface area contributed by atoms with Gasteiger partial charge in [-0.15, -0.1) is 0 Å². The molecule has 0 aliphatic heterocycles. The molecule has 0 saturated carbocycles. The van der Waals surface area contributed by atoms with Gasteiger partial charge in [-0.25, -0.2) is 0 Å². The van der Waals surface area contributed by atoms with Gasteiger partial charge < -0.3 is 19.8 Å². The minimum Gasteiger partial charge on any atom is -0.549 e. The molecule has 23 heavy (non-hydrogen) atoms. The van der Waals surface area contributed by atoms with Crippen molar-refractivity contribution in [1.29, 1.82) is 0 Å². The summed E-state index contributed by atoms with van der Waals surface area (Å²) in [6.45, 7) is 2.12. The van der Waals surface area contributed by atoms with Gasteiger partial charge in [0.05, 0.1) is 17.4 Å². The van der Waals surface area contributed by atoms with Gasteiger partial charge in [-0.1, -0.05) is 75.8 Å². The van der Waals surface area contributed by atoms with Crippen molar-refractivity contribution in [3.05, 3.63) is 35.9 Å². The van der Waals surface area contributed by atoms with Crippen molar-refractivity contribution >= 4 is 11.9 Å². The zero-order chi connectivity index (χ0) is 15.7. The fourth-order valence-electron chi connectivity index (χ4n) is 2.56. The Labute approximate surface area is 223 Å². The fourth-order valence-corrected chi connectivity index (χ4v) is 2.56. The van der Waals surface area contributed by atoms with Crippen molar-refractivity contribution < 1.29 is 123 Å². The van der Waals surface area contributed by atoms with Crippen LogP contribution in [0.15, 0.2) is 30.3 Å². The Morgan fingerprint density at radius 3 is 1.83 bits per heavy atom. The Balaban J connectivity index is 0. The Bertz CT molecular complexity index is 449. The van der Waals surface area contributed by atoms with E-state index in [1.54, 1.807) is 18.2 Å². The number of hydrogen-bond acceptors (Lipinski definition) is 4. The van der Waals surface area contributed by atoms with Crippen LogP contribution in [0.5, 0.6) is 0 Å². The third-order valence-corrected chi connectivity index (χ3v) is 3.87. The number of hydrogen-bond donors (Lipinski definition) is 0. The summed E-state index contributed by atoms with van der Waals surface area (Å²) < 4.78 is 0. The molecular formula is C17H22K2O4. The van der Waals surface area contributed by atoms with Crippen molar-refractivity contribution in [2.24, 2.45) is 0 Å². The van der Waals surface area contributed by atoms with E-state index in [0.29, 0.717) is 6.42 Å². The summed E-state index contributed by atoms with van der Waals surface area (Å²) in [4.78, 5) is 23.0. The Hall–Kier alpha value is 1.43. The number of rotatable bonds is 10. The van der Waals surface area contributed by atoms with E-state index in [0.717, 1.165) is 32.1 Å². The second kappa shape index (κ2) is 14.6. The van der Waals surface area contributed by atoms with E-state index < -0.39 is 17.4 Å². The molecular weight excluding hydrogens is 346 g/mol. The van der Waals surface area contributed by atoms with E-state index in [1.807, 2.05) is 0 Å². The average Bonchev–Trinajstić information content (AvgIpc) is 2.47. The molecule has 1 aromatic carbocycles. The maximum absolute atomic E-state index is 11.5. The topological polar surface area (TPSA) is 80.3 Å². The van der Waals surface area contributed by atoms with Crippen LogP contribution in [-0.4, -0.2) is 11.9 Å². The van der Waals surface area contributed by atoms with Crippen LogP contribution in [0.25, 0.3) is 0 Å². The molecule has 0 unspecified atom stereocenters. The SMILES string of the molecule is CCCCCCCCC(C(=O)[O-])(C(=O)[O-])c1ccccc1.[K+].[K+]. The van der Waals surface area contributed by atoms with Crippen LogP contribution in [0.3, 0.4) is 0 Å². The van der Waals surface area contributed by atoms with E-state index in [-0.39, 0.29) is 115 Å². The fraction of sp³-hybridized carbons (Fsp3) is 0.529. The second-order valence-corrected chi connectivity index (χ2v) is 5.36. The van der Waals surface area contributed by atoms with Crippen LogP contribution in [0, 0.1) is 0 Å². The largest absolute Gasteiger partial charge is 1.00 e. The van der Waals surface area contributed by atoms with Gasteiger partial charge in [0.1, 0.15) is 0 Å². The summed E-state index contributed by atoms with van der Waals surface area (Å²) in [6.07, 6.45) is 5.70. The summed E-state index contributed by atoms with van der Waals surface area (Å²) in [6, 6.07) is 7.96. The zero-order valence-corrected chi connectivity index (χ0v) is 20.7. The number of unbranched alkanes of at least 4 members (excludes halogenated alkanes) is 5. The molecule has 0 aliphatic rings. The molecule has 0 radical (unpaired) electrons. The normalized spacial score (nSPS) is 10.3. The van der Waals surface area contributed by atoms with Gasteiger partial charge in [0.25, 0.3) is 0 Å². The average molecular weight is 369 g/mol. The molecule has 1 aromatic rings. The summed E-state index contributed by atoms with van der Waals surface area (Å²) >= 11 is 0. The number of benzene rings is 1. The van der Waals surface area contributed by atoms with Gasteiger partial charge in [0.15, 0.2) is 0 Å². The van der Waals surface area contributed by atoms with Crippen LogP contribution >= 0.6 is 0 Å². The molecule has 0 spiro atoms. The number of carbonyl (C=O) groups is 2. The van der Waals surface area contributed by atoms with E-state index in [9.17, 15) is 19.8 Å². The first-order valence-electron chi connectivity index (χ1n) is 7.54. The molecule has 0 saturated heterocycles. The molecule has 0 fully saturated rings. The summed E-state index contributed by atoms with van der Waals surface area (Å²) in [5, 5.41) is 23.0. The van der Waals surface area contributed by atoms with Gasteiger partial charge in [-0.2, -0.15) is 0 Å². The monoisotopic (exact) mass is 368 g/mol. The van der Waals surface area contributed by atoms with Crippen LogP contribution in [0.2, 0.25) is 0 Å². The molecule has 0 heterocycles. The third-order valence-electron chi connectivity index (χ3n) is 3.87. The Morgan fingerprint density at radius 2 is 1.35 bits per heavy atom. The Morgan fingerprint density at radius 1 is 0.870 bits per heavy atom. The molecule has 4 nitrogen and oxygen atoms in total. The molecule has 0 N–H and O–H groups in total. The second-order valence-electron chi connectivity index (χ2n) is 5.36. The molecule has 0 atom stereocenters. The predicted octanol–water partition coefficient (Wildman–Crippen LogP) is -4.82. The third kappa shape index (κ3) is 8.11. The molecule has 0 aliphatic carbocycles. The van der Waals surface area contributed by atoms with Crippen LogP contribution in [0.1, 0.15) is 57.4 Å². The first-order chi connectivity index (χ1) is 10.1. The number of carbonyl (C=O) groups excluding carboxylic acids is 2. The maximum atomic E-state index is 11.5. The molecule has 1 rings (SSSR count). The summed E-state index contributed by atoms with van der Waals surface area (Å²) in [7, 11) is 0. The standard InChI is InChI=1S/C17H24O4.2K/c1-2-3-4-5-6-10-13-17(15(18)19,16(20)21)14-11-8-7-9-12-14;;/h7-9,11-12H,2-6,10,13H2,1H3,(H,18,19)(H,20,21);;/q;2*+1/p-2. The van der Waals surface area contributed by atoms with Crippen molar-refractivity contribution in [3.8, 4) is 0 Å². The predicted molar refractivity (Wildman–Crippen MR) is 76.1 cm³/mol. The van der Waals surface area contributed by atoms with E-state index >= 15 is 0 Å². The first-order valence-corrected chi connectivity index (χ1v) is 7.54. The minimum atomic E-state index is -2.05. The molecule has 0 aromatic heterocycles. The van der Waals surface area contributed by atoms with Crippen molar-refractivity contribution in [1.82, 2.24) is 0 Å². The smallest absolute Gasteiger partial charge is 0.549 e. The minimum absolute atomic E-state index is 0. The van der Waals surface area contributed by atoms with Gasteiger partial charge in [0, 0.05) is 0 Å². The maximum Gasteiger partial charge on any atom is 1.00 e. The first kappa shape index (κ1) is 26.7. The van der Waals surface area contributed by atoms with Gasteiger partial charge >= 0.3 is 103 Å². The van der Waals surface area contributed by atoms with Crippen molar-refractivity contribution in [2.45, 2.75) is 57.3 Å². The number of aliphatic carboxylic acids is 2. The summed E-state index contributed by atoms with van der Waals surface area (Å²) in [5.41, 5.74) is -1.83. The van der Waals surface area contributed by atoms with Crippen LogP contribution in [0.4, 0.5) is 0 Å². The van der Waals surface area contributed by atoms with Gasteiger partial charge in [-0.05, 0) is 12.0 Å². The molecule has 0 amide bonds. The molecule has 116 valence electrons. The number of carboxylic acid groups (broad SMARTS) is 2. The van der Waals surface area contributed by atoms with Crippen LogP contribution in [-0.2, 0) is 15.0 Å². The number of carboxylic acids is 2. The van der Waals surface area contributed by atoms with E-state index in [4.69, 9.17) is 0 Å². The Kier molecular flexibility index (Phi) is 16.9. The van der Waals surface area contributed by atoms with E-state index in [1.165, 1.54) is 12.1 Å². The van der Waals surface area contributed by atoms with Crippen molar-refractivity contribution in [3.63, 3.8) is 0 Å².